The highest BCUT2D eigenvalue weighted by molar-refractivity contribution is 9.10. The smallest absolute Gasteiger partial charge is 0.233 e. The third-order valence-electron chi connectivity index (χ3n) is 2.02. The molecule has 0 amide bonds. The predicted molar refractivity (Wildman–Crippen MR) is 73.1 cm³/mol. The van der Waals surface area contributed by atoms with Gasteiger partial charge in [0.05, 0.1) is 16.8 Å². The monoisotopic (exact) mass is 340 g/mol. The van der Waals surface area contributed by atoms with Crippen LogP contribution in [0.2, 0.25) is 0 Å². The minimum atomic E-state index is -3.52. The number of halogens is 2. The van der Waals surface area contributed by atoms with Crippen molar-refractivity contribution in [1.29, 1.82) is 0 Å². The molecule has 0 unspecified atom stereocenters. The summed E-state index contributed by atoms with van der Waals surface area (Å²) >= 11 is 3.36. The predicted octanol–water partition coefficient (Wildman–Crippen LogP) is 3.42. The standard InChI is InChI=1S/C11H14BrClO3S/c1-11(2,8-17(13,14)15)7-16-10-6-4-3-5-9(10)12/h3-6H,7-8H2,1-2H3. The Morgan fingerprint density at radius 3 is 2.47 bits per heavy atom. The minimum absolute atomic E-state index is 0.119. The lowest BCUT2D eigenvalue weighted by atomic mass is 9.98. The van der Waals surface area contributed by atoms with Crippen molar-refractivity contribution in [3.63, 3.8) is 0 Å². The molecule has 0 fully saturated rings. The Bertz CT molecular complexity index is 485. The molecule has 0 bridgehead atoms. The first-order valence-electron chi connectivity index (χ1n) is 4.99. The maximum absolute atomic E-state index is 11.0. The maximum atomic E-state index is 11.0. The fourth-order valence-electron chi connectivity index (χ4n) is 1.34. The van der Waals surface area contributed by atoms with Crippen molar-refractivity contribution in [2.75, 3.05) is 12.4 Å². The van der Waals surface area contributed by atoms with E-state index in [4.69, 9.17) is 15.4 Å². The van der Waals surface area contributed by atoms with Crippen molar-refractivity contribution in [3.05, 3.63) is 28.7 Å². The van der Waals surface area contributed by atoms with Crippen LogP contribution in [0.25, 0.3) is 0 Å². The van der Waals surface area contributed by atoms with E-state index in [0.717, 1.165) is 4.47 Å². The van der Waals surface area contributed by atoms with Crippen molar-refractivity contribution >= 4 is 35.7 Å². The number of hydrogen-bond donors (Lipinski definition) is 0. The molecule has 0 radical (unpaired) electrons. The molecule has 0 aliphatic heterocycles. The molecule has 17 heavy (non-hydrogen) atoms. The molecule has 96 valence electrons. The SMILES string of the molecule is CC(C)(COc1ccccc1Br)CS(=O)(=O)Cl. The van der Waals surface area contributed by atoms with Crippen LogP contribution in [0.4, 0.5) is 0 Å². The summed E-state index contributed by atoms with van der Waals surface area (Å²) in [6.07, 6.45) is 0. The molecule has 0 N–H and O–H groups in total. The normalized spacial score (nSPS) is 12.5. The van der Waals surface area contributed by atoms with Crippen molar-refractivity contribution in [2.45, 2.75) is 13.8 Å². The van der Waals surface area contributed by atoms with E-state index in [0.29, 0.717) is 5.75 Å². The zero-order valence-electron chi connectivity index (χ0n) is 9.61. The highest BCUT2D eigenvalue weighted by Gasteiger charge is 2.26. The number of hydrogen-bond acceptors (Lipinski definition) is 3. The molecule has 1 aromatic rings. The first-order valence-corrected chi connectivity index (χ1v) is 8.26. The molecule has 0 saturated carbocycles. The Hall–Kier alpha value is -0.260. The van der Waals surface area contributed by atoms with Crippen molar-refractivity contribution in [1.82, 2.24) is 0 Å². The molecule has 1 rings (SSSR count). The van der Waals surface area contributed by atoms with Crippen LogP contribution in [-0.4, -0.2) is 20.8 Å². The van der Waals surface area contributed by atoms with E-state index in [2.05, 4.69) is 15.9 Å². The van der Waals surface area contributed by atoms with Gasteiger partial charge in [0.25, 0.3) is 0 Å². The highest BCUT2D eigenvalue weighted by atomic mass is 79.9. The van der Waals surface area contributed by atoms with Gasteiger partial charge in [-0.3, -0.25) is 0 Å². The topological polar surface area (TPSA) is 43.4 Å². The van der Waals surface area contributed by atoms with Crippen molar-refractivity contribution in [3.8, 4) is 5.75 Å². The molecule has 0 spiro atoms. The van der Waals surface area contributed by atoms with Gasteiger partial charge in [-0.1, -0.05) is 26.0 Å². The summed E-state index contributed by atoms with van der Waals surface area (Å²) in [5, 5.41) is 0. The van der Waals surface area contributed by atoms with E-state index in [1.54, 1.807) is 13.8 Å². The molecule has 6 heteroatoms. The van der Waals surface area contributed by atoms with Crippen LogP contribution in [-0.2, 0) is 9.05 Å². The van der Waals surface area contributed by atoms with E-state index < -0.39 is 14.5 Å². The molecule has 0 aliphatic carbocycles. The number of ether oxygens (including phenoxy) is 1. The van der Waals surface area contributed by atoms with Gasteiger partial charge in [-0.25, -0.2) is 8.42 Å². The summed E-state index contributed by atoms with van der Waals surface area (Å²) in [5.74, 6) is 0.569. The van der Waals surface area contributed by atoms with Crippen LogP contribution >= 0.6 is 26.6 Å². The number of benzene rings is 1. The fraction of sp³-hybridized carbons (Fsp3) is 0.455. The Morgan fingerprint density at radius 2 is 1.94 bits per heavy atom. The minimum Gasteiger partial charge on any atom is -0.492 e. The molecule has 3 nitrogen and oxygen atoms in total. The molecule has 0 saturated heterocycles. The Morgan fingerprint density at radius 1 is 1.35 bits per heavy atom. The Balaban J connectivity index is 2.65. The molecular formula is C11H14BrClO3S. The van der Waals surface area contributed by atoms with E-state index in [9.17, 15) is 8.42 Å². The third kappa shape index (κ3) is 5.75. The lowest BCUT2D eigenvalue weighted by Crippen LogP contribution is -2.28. The lowest BCUT2D eigenvalue weighted by molar-refractivity contribution is 0.199. The summed E-state index contributed by atoms with van der Waals surface area (Å²) in [6, 6.07) is 7.41. The van der Waals surface area contributed by atoms with Gasteiger partial charge >= 0.3 is 0 Å². The van der Waals surface area contributed by atoms with Crippen LogP contribution in [0, 0.1) is 5.41 Å². The molecule has 0 aromatic heterocycles. The fourth-order valence-corrected chi connectivity index (χ4v) is 3.65. The summed E-state index contributed by atoms with van der Waals surface area (Å²) in [7, 11) is 1.72. The maximum Gasteiger partial charge on any atom is 0.233 e. The van der Waals surface area contributed by atoms with E-state index in [1.807, 2.05) is 24.3 Å². The second-order valence-electron chi connectivity index (χ2n) is 4.57. The summed E-state index contributed by atoms with van der Waals surface area (Å²) in [5.41, 5.74) is -0.532. The molecule has 1 aromatic carbocycles. The van der Waals surface area contributed by atoms with Crippen LogP contribution < -0.4 is 4.74 Å². The lowest BCUT2D eigenvalue weighted by Gasteiger charge is -2.23. The second kappa shape index (κ2) is 5.59. The average molecular weight is 342 g/mol. The van der Waals surface area contributed by atoms with Gasteiger partial charge < -0.3 is 4.74 Å². The Labute approximate surface area is 115 Å². The van der Waals surface area contributed by atoms with Crippen molar-refractivity contribution in [2.24, 2.45) is 5.41 Å². The summed E-state index contributed by atoms with van der Waals surface area (Å²) in [6.45, 7) is 3.87. The van der Waals surface area contributed by atoms with E-state index in [-0.39, 0.29) is 12.4 Å². The van der Waals surface area contributed by atoms with Gasteiger partial charge in [-0.05, 0) is 28.1 Å². The van der Waals surface area contributed by atoms with Gasteiger partial charge in [-0.15, -0.1) is 0 Å². The number of para-hydroxylation sites is 1. The van der Waals surface area contributed by atoms with Gasteiger partial charge in [-0.2, -0.15) is 0 Å². The van der Waals surface area contributed by atoms with Gasteiger partial charge in [0.15, 0.2) is 0 Å². The zero-order valence-corrected chi connectivity index (χ0v) is 12.8. The van der Waals surface area contributed by atoms with Crippen LogP contribution in [0.5, 0.6) is 5.75 Å². The van der Waals surface area contributed by atoms with Crippen LogP contribution in [0.3, 0.4) is 0 Å². The molecule has 0 aliphatic rings. The molecule has 0 atom stereocenters. The van der Waals surface area contributed by atoms with Gasteiger partial charge in [0, 0.05) is 16.1 Å². The first-order chi connectivity index (χ1) is 7.70. The largest absolute Gasteiger partial charge is 0.492 e. The average Bonchev–Trinajstić information content (AvgIpc) is 2.13. The van der Waals surface area contributed by atoms with Gasteiger partial charge in [0.2, 0.25) is 9.05 Å². The summed E-state index contributed by atoms with van der Waals surface area (Å²) < 4.78 is 28.5. The quantitative estimate of drug-likeness (QED) is 0.771. The van der Waals surface area contributed by atoms with E-state index >= 15 is 0 Å². The van der Waals surface area contributed by atoms with E-state index in [1.165, 1.54) is 0 Å². The highest BCUT2D eigenvalue weighted by Crippen LogP contribution is 2.27. The van der Waals surface area contributed by atoms with Crippen LogP contribution in [0.15, 0.2) is 28.7 Å². The zero-order chi connectivity index (χ0) is 13.1. The summed E-state index contributed by atoms with van der Waals surface area (Å²) in [4.78, 5) is 0. The van der Waals surface area contributed by atoms with Crippen LogP contribution in [0.1, 0.15) is 13.8 Å². The number of rotatable bonds is 5. The molecular weight excluding hydrogens is 328 g/mol. The first kappa shape index (κ1) is 14.8. The van der Waals surface area contributed by atoms with Gasteiger partial charge in [0.1, 0.15) is 5.75 Å². The molecule has 0 heterocycles. The second-order valence-corrected chi connectivity index (χ2v) is 8.20. The Kier molecular flexibility index (Phi) is 4.86. The van der Waals surface area contributed by atoms with Crippen molar-refractivity contribution < 1.29 is 13.2 Å². The third-order valence-corrected chi connectivity index (χ3v) is 4.13.